The van der Waals surface area contributed by atoms with E-state index in [1.807, 2.05) is 42.5 Å². The SMILES string of the molecule is O=C(Cc1nc2ccccc2o1)NCc1ccc2nsnc2c1. The zero-order valence-corrected chi connectivity index (χ0v) is 12.8. The highest BCUT2D eigenvalue weighted by molar-refractivity contribution is 7.00. The van der Waals surface area contributed by atoms with Gasteiger partial charge in [-0.1, -0.05) is 18.2 Å². The maximum atomic E-state index is 12.0. The smallest absolute Gasteiger partial charge is 0.229 e. The number of nitrogens with zero attached hydrogens (tertiary/aromatic N) is 3. The van der Waals surface area contributed by atoms with Gasteiger partial charge in [-0.3, -0.25) is 4.79 Å². The molecule has 0 saturated heterocycles. The van der Waals surface area contributed by atoms with Crippen molar-refractivity contribution in [2.75, 3.05) is 0 Å². The summed E-state index contributed by atoms with van der Waals surface area (Å²) in [5.74, 6) is 0.288. The average Bonchev–Trinajstić information content (AvgIpc) is 3.18. The first-order chi connectivity index (χ1) is 11.3. The number of carbonyl (C=O) groups is 1. The van der Waals surface area contributed by atoms with E-state index in [2.05, 4.69) is 19.0 Å². The van der Waals surface area contributed by atoms with Crippen molar-refractivity contribution < 1.29 is 9.21 Å². The van der Waals surface area contributed by atoms with Crippen LogP contribution in [0.3, 0.4) is 0 Å². The van der Waals surface area contributed by atoms with E-state index in [0.29, 0.717) is 18.0 Å². The van der Waals surface area contributed by atoms with E-state index >= 15 is 0 Å². The normalized spacial score (nSPS) is 11.1. The molecule has 114 valence electrons. The summed E-state index contributed by atoms with van der Waals surface area (Å²) in [5.41, 5.74) is 4.15. The summed E-state index contributed by atoms with van der Waals surface area (Å²) in [6.45, 7) is 0.437. The van der Waals surface area contributed by atoms with Crippen LogP contribution in [-0.4, -0.2) is 19.6 Å². The molecule has 1 amide bonds. The molecule has 2 heterocycles. The van der Waals surface area contributed by atoms with Crippen LogP contribution < -0.4 is 5.32 Å². The lowest BCUT2D eigenvalue weighted by atomic mass is 10.2. The third kappa shape index (κ3) is 2.91. The van der Waals surface area contributed by atoms with Crippen LogP contribution in [0.15, 0.2) is 46.9 Å². The maximum absolute atomic E-state index is 12.0. The average molecular weight is 324 g/mol. The fraction of sp³-hybridized carbons (Fsp3) is 0.125. The fourth-order valence-electron chi connectivity index (χ4n) is 2.33. The Kier molecular flexibility index (Phi) is 3.47. The highest BCUT2D eigenvalue weighted by Crippen LogP contribution is 2.15. The predicted octanol–water partition coefficient (Wildman–Crippen LogP) is 2.69. The molecule has 23 heavy (non-hydrogen) atoms. The molecule has 7 heteroatoms. The summed E-state index contributed by atoms with van der Waals surface area (Å²) in [4.78, 5) is 16.3. The van der Waals surface area contributed by atoms with Gasteiger partial charge in [0.15, 0.2) is 5.58 Å². The van der Waals surface area contributed by atoms with Crippen LogP contribution in [-0.2, 0) is 17.8 Å². The Morgan fingerprint density at radius 1 is 1.09 bits per heavy atom. The molecule has 1 N–H and O–H groups in total. The molecule has 0 aliphatic rings. The van der Waals surface area contributed by atoms with E-state index < -0.39 is 0 Å². The Bertz CT molecular complexity index is 959. The molecule has 0 spiro atoms. The number of hydrogen-bond acceptors (Lipinski definition) is 6. The molecule has 6 nitrogen and oxygen atoms in total. The first-order valence-corrected chi connectivity index (χ1v) is 7.83. The van der Waals surface area contributed by atoms with Gasteiger partial charge in [-0.25, -0.2) is 4.98 Å². The lowest BCUT2D eigenvalue weighted by molar-refractivity contribution is -0.120. The molecule has 0 saturated carbocycles. The highest BCUT2D eigenvalue weighted by Gasteiger charge is 2.10. The van der Waals surface area contributed by atoms with E-state index in [1.54, 1.807) is 0 Å². The van der Waals surface area contributed by atoms with E-state index in [0.717, 1.165) is 22.1 Å². The van der Waals surface area contributed by atoms with Gasteiger partial charge in [0.05, 0.1) is 11.7 Å². The largest absolute Gasteiger partial charge is 0.440 e. The van der Waals surface area contributed by atoms with Gasteiger partial charge in [0.2, 0.25) is 11.8 Å². The molecule has 0 radical (unpaired) electrons. The summed E-state index contributed by atoms with van der Waals surface area (Å²) < 4.78 is 13.9. The minimum atomic E-state index is -0.131. The molecule has 0 atom stereocenters. The van der Waals surface area contributed by atoms with Gasteiger partial charge in [-0.15, -0.1) is 0 Å². The minimum absolute atomic E-state index is 0.120. The van der Waals surface area contributed by atoms with Crippen molar-refractivity contribution in [3.8, 4) is 0 Å². The Hall–Kier alpha value is -2.80. The molecule has 2 aromatic carbocycles. The summed E-state index contributed by atoms with van der Waals surface area (Å²) in [6, 6.07) is 13.2. The molecule has 4 aromatic rings. The lowest BCUT2D eigenvalue weighted by Crippen LogP contribution is -2.24. The number of rotatable bonds is 4. The van der Waals surface area contributed by atoms with E-state index in [-0.39, 0.29) is 12.3 Å². The summed E-state index contributed by atoms with van der Waals surface area (Å²) >= 11 is 1.18. The summed E-state index contributed by atoms with van der Waals surface area (Å²) in [6.07, 6.45) is 0.120. The monoisotopic (exact) mass is 324 g/mol. The number of para-hydroxylation sites is 2. The predicted molar refractivity (Wildman–Crippen MR) is 87.0 cm³/mol. The number of nitrogens with one attached hydrogen (secondary N) is 1. The quantitative estimate of drug-likeness (QED) is 0.624. The Labute approximate surface area is 135 Å². The molecule has 4 rings (SSSR count). The zero-order valence-electron chi connectivity index (χ0n) is 12.0. The Balaban J connectivity index is 1.41. The second-order valence-corrected chi connectivity index (χ2v) is 5.64. The fourth-order valence-corrected chi connectivity index (χ4v) is 2.85. The molecule has 0 bridgehead atoms. The standard InChI is InChI=1S/C16H12N4O2S/c21-15(8-16-18-12-3-1-2-4-14(12)22-16)17-9-10-5-6-11-13(7-10)20-23-19-11/h1-7H,8-9H2,(H,17,21). The number of amides is 1. The number of aromatic nitrogens is 3. The summed E-state index contributed by atoms with van der Waals surface area (Å²) in [5, 5.41) is 2.86. The zero-order chi connectivity index (χ0) is 15.6. The van der Waals surface area contributed by atoms with Crippen molar-refractivity contribution in [1.82, 2.24) is 19.0 Å². The summed E-state index contributed by atoms with van der Waals surface area (Å²) in [7, 11) is 0. The van der Waals surface area contributed by atoms with Gasteiger partial charge in [0, 0.05) is 6.54 Å². The van der Waals surface area contributed by atoms with E-state index in [4.69, 9.17) is 4.42 Å². The first-order valence-electron chi connectivity index (χ1n) is 7.10. The molecule has 0 unspecified atom stereocenters. The van der Waals surface area contributed by atoms with Crippen LogP contribution in [0.25, 0.3) is 22.1 Å². The van der Waals surface area contributed by atoms with Crippen LogP contribution in [0.5, 0.6) is 0 Å². The number of fused-ring (bicyclic) bond motifs is 2. The van der Waals surface area contributed by atoms with E-state index in [9.17, 15) is 4.79 Å². The third-order valence-corrected chi connectivity index (χ3v) is 4.01. The Morgan fingerprint density at radius 2 is 1.96 bits per heavy atom. The van der Waals surface area contributed by atoms with Crippen molar-refractivity contribution >= 4 is 39.8 Å². The first kappa shape index (κ1) is 13.8. The second-order valence-electron chi connectivity index (χ2n) is 5.12. The highest BCUT2D eigenvalue weighted by atomic mass is 32.1. The minimum Gasteiger partial charge on any atom is -0.440 e. The molecular weight excluding hydrogens is 312 g/mol. The number of oxazole rings is 1. The lowest BCUT2D eigenvalue weighted by Gasteiger charge is -2.03. The van der Waals surface area contributed by atoms with Gasteiger partial charge in [0.25, 0.3) is 0 Å². The van der Waals surface area contributed by atoms with Crippen molar-refractivity contribution in [2.45, 2.75) is 13.0 Å². The Morgan fingerprint density at radius 3 is 2.87 bits per heavy atom. The van der Waals surface area contributed by atoms with Crippen LogP contribution in [0.2, 0.25) is 0 Å². The molecule has 2 aromatic heterocycles. The number of benzene rings is 2. The van der Waals surface area contributed by atoms with Crippen LogP contribution in [0.1, 0.15) is 11.5 Å². The topological polar surface area (TPSA) is 80.9 Å². The number of carbonyl (C=O) groups excluding carboxylic acids is 1. The number of hydrogen-bond donors (Lipinski definition) is 1. The molecule has 0 fully saturated rings. The second kappa shape index (κ2) is 5.77. The van der Waals surface area contributed by atoms with Crippen molar-refractivity contribution in [1.29, 1.82) is 0 Å². The van der Waals surface area contributed by atoms with Crippen LogP contribution in [0.4, 0.5) is 0 Å². The van der Waals surface area contributed by atoms with Crippen LogP contribution >= 0.6 is 11.7 Å². The molecule has 0 aliphatic carbocycles. The van der Waals surface area contributed by atoms with E-state index in [1.165, 1.54) is 11.7 Å². The molecule has 0 aliphatic heterocycles. The van der Waals surface area contributed by atoms with Crippen LogP contribution in [0, 0.1) is 0 Å². The van der Waals surface area contributed by atoms with Gasteiger partial charge in [-0.2, -0.15) is 8.75 Å². The van der Waals surface area contributed by atoms with Crippen molar-refractivity contribution in [2.24, 2.45) is 0 Å². The van der Waals surface area contributed by atoms with Crippen molar-refractivity contribution in [3.05, 3.63) is 53.9 Å². The van der Waals surface area contributed by atoms with Gasteiger partial charge < -0.3 is 9.73 Å². The third-order valence-electron chi connectivity index (χ3n) is 3.46. The maximum Gasteiger partial charge on any atom is 0.229 e. The van der Waals surface area contributed by atoms with Crippen molar-refractivity contribution in [3.63, 3.8) is 0 Å². The van der Waals surface area contributed by atoms with Gasteiger partial charge in [-0.05, 0) is 29.8 Å². The van der Waals surface area contributed by atoms with Gasteiger partial charge in [0.1, 0.15) is 23.0 Å². The van der Waals surface area contributed by atoms with Gasteiger partial charge >= 0.3 is 0 Å². The molecular formula is C16H12N4O2S.